The molecule has 2 rings (SSSR count). The van der Waals surface area contributed by atoms with E-state index in [0.717, 1.165) is 30.9 Å². The zero-order valence-electron chi connectivity index (χ0n) is 17.4. The second-order valence-electron chi connectivity index (χ2n) is 6.70. The quantitative estimate of drug-likeness (QED) is 0.582. The Labute approximate surface area is 172 Å². The van der Waals surface area contributed by atoms with E-state index in [0.29, 0.717) is 24.5 Å². The molecule has 1 amide bonds. The third-order valence-corrected chi connectivity index (χ3v) is 4.56. The number of carbonyl (C=O) groups excluding carboxylic acids is 2. The maximum absolute atomic E-state index is 12.1. The number of rotatable bonds is 11. The van der Waals surface area contributed by atoms with Crippen molar-refractivity contribution in [2.45, 2.75) is 27.2 Å². The van der Waals surface area contributed by atoms with Gasteiger partial charge in [-0.15, -0.1) is 0 Å². The minimum Gasteiger partial charge on any atom is -0.493 e. The molecule has 0 aliphatic carbocycles. The molecule has 0 heterocycles. The molecule has 0 saturated heterocycles. The first-order chi connectivity index (χ1) is 14.0. The highest BCUT2D eigenvalue weighted by Gasteiger charge is 2.09. The number of anilines is 1. The monoisotopic (exact) mass is 398 g/mol. The fourth-order valence-electron chi connectivity index (χ4n) is 2.70. The van der Waals surface area contributed by atoms with Crippen LogP contribution in [0.4, 0.5) is 5.69 Å². The van der Waals surface area contributed by atoms with E-state index in [9.17, 15) is 9.59 Å². The third kappa shape index (κ3) is 7.95. The van der Waals surface area contributed by atoms with Gasteiger partial charge in [-0.2, -0.15) is 0 Å². The lowest BCUT2D eigenvalue weighted by Crippen LogP contribution is -2.27. The fraction of sp³-hybridized carbons (Fsp3) is 0.391. The van der Waals surface area contributed by atoms with Crippen molar-refractivity contribution in [1.29, 1.82) is 0 Å². The molecule has 0 bridgehead atoms. The molecule has 0 unspecified atom stereocenters. The van der Waals surface area contributed by atoms with Crippen molar-refractivity contribution >= 4 is 17.6 Å². The number of esters is 1. The summed E-state index contributed by atoms with van der Waals surface area (Å²) in [7, 11) is 0. The number of nitrogens with one attached hydrogen (secondary N) is 1. The molecule has 1 N–H and O–H groups in total. The first-order valence-electron chi connectivity index (χ1n) is 10.0. The molecular formula is C23H30N2O4. The van der Waals surface area contributed by atoms with Gasteiger partial charge in [-0.1, -0.05) is 31.5 Å². The van der Waals surface area contributed by atoms with Crippen molar-refractivity contribution in [3.8, 4) is 5.75 Å². The van der Waals surface area contributed by atoms with Gasteiger partial charge in [-0.25, -0.2) is 4.79 Å². The zero-order valence-corrected chi connectivity index (χ0v) is 17.4. The van der Waals surface area contributed by atoms with Crippen molar-refractivity contribution in [2.24, 2.45) is 0 Å². The van der Waals surface area contributed by atoms with Gasteiger partial charge in [-0.3, -0.25) is 4.79 Å². The Hall–Kier alpha value is -2.86. The molecule has 0 radical (unpaired) electrons. The Morgan fingerprint density at radius 3 is 2.21 bits per heavy atom. The van der Waals surface area contributed by atoms with Crippen molar-refractivity contribution in [1.82, 2.24) is 4.90 Å². The minimum absolute atomic E-state index is 0.147. The SMILES string of the molecule is CCN(CC)CCOC(=O)c1ccc(NC(=O)CCOc2ccc(C)cc2)cc1. The molecule has 0 atom stereocenters. The van der Waals surface area contributed by atoms with Crippen molar-refractivity contribution in [2.75, 3.05) is 38.2 Å². The molecule has 0 saturated carbocycles. The first-order valence-corrected chi connectivity index (χ1v) is 10.0. The average molecular weight is 399 g/mol. The van der Waals surface area contributed by atoms with E-state index in [2.05, 4.69) is 24.1 Å². The van der Waals surface area contributed by atoms with Crippen LogP contribution in [-0.4, -0.2) is 49.6 Å². The van der Waals surface area contributed by atoms with Crippen LogP contribution >= 0.6 is 0 Å². The van der Waals surface area contributed by atoms with Gasteiger partial charge in [0.25, 0.3) is 0 Å². The van der Waals surface area contributed by atoms with Gasteiger partial charge < -0.3 is 19.7 Å². The number of carbonyl (C=O) groups is 2. The van der Waals surface area contributed by atoms with Crippen LogP contribution in [0.2, 0.25) is 0 Å². The highest BCUT2D eigenvalue weighted by molar-refractivity contribution is 5.93. The van der Waals surface area contributed by atoms with Gasteiger partial charge >= 0.3 is 5.97 Å². The topological polar surface area (TPSA) is 67.9 Å². The minimum atomic E-state index is -0.360. The van der Waals surface area contributed by atoms with E-state index < -0.39 is 0 Å². The van der Waals surface area contributed by atoms with Crippen LogP contribution in [0, 0.1) is 6.92 Å². The maximum Gasteiger partial charge on any atom is 0.338 e. The summed E-state index contributed by atoms with van der Waals surface area (Å²) >= 11 is 0. The number of benzene rings is 2. The van der Waals surface area contributed by atoms with Gasteiger partial charge in [0.15, 0.2) is 0 Å². The second kappa shape index (κ2) is 11.9. The highest BCUT2D eigenvalue weighted by atomic mass is 16.5. The molecule has 0 aliphatic rings. The summed E-state index contributed by atoms with van der Waals surface area (Å²) in [5.74, 6) is 0.237. The van der Waals surface area contributed by atoms with Gasteiger partial charge in [0.1, 0.15) is 12.4 Å². The highest BCUT2D eigenvalue weighted by Crippen LogP contribution is 2.13. The molecule has 2 aromatic carbocycles. The molecule has 0 aromatic heterocycles. The van der Waals surface area contributed by atoms with Crippen molar-refractivity contribution in [3.63, 3.8) is 0 Å². The molecular weight excluding hydrogens is 368 g/mol. The van der Waals surface area contributed by atoms with Crippen LogP contribution in [-0.2, 0) is 9.53 Å². The van der Waals surface area contributed by atoms with Crippen LogP contribution in [0.5, 0.6) is 5.75 Å². The average Bonchev–Trinajstić information content (AvgIpc) is 2.73. The van der Waals surface area contributed by atoms with Crippen molar-refractivity contribution in [3.05, 3.63) is 59.7 Å². The zero-order chi connectivity index (χ0) is 21.1. The largest absolute Gasteiger partial charge is 0.493 e. The predicted octanol–water partition coefficient (Wildman–Crippen LogP) is 3.90. The number of nitrogens with zero attached hydrogens (tertiary/aromatic N) is 1. The van der Waals surface area contributed by atoms with Crippen LogP contribution in [0.3, 0.4) is 0 Å². The first kappa shape index (κ1) is 22.4. The fourth-order valence-corrected chi connectivity index (χ4v) is 2.70. The Kier molecular flexibility index (Phi) is 9.18. The summed E-state index contributed by atoms with van der Waals surface area (Å²) in [5, 5.41) is 2.80. The molecule has 2 aromatic rings. The lowest BCUT2D eigenvalue weighted by molar-refractivity contribution is -0.116. The Balaban J connectivity index is 1.72. The lowest BCUT2D eigenvalue weighted by atomic mass is 10.2. The second-order valence-corrected chi connectivity index (χ2v) is 6.70. The number of aryl methyl sites for hydroxylation is 1. The number of hydrogen-bond acceptors (Lipinski definition) is 5. The third-order valence-electron chi connectivity index (χ3n) is 4.56. The van der Waals surface area contributed by atoms with Gasteiger partial charge in [0.2, 0.25) is 5.91 Å². The summed E-state index contributed by atoms with van der Waals surface area (Å²) in [5.41, 5.74) is 2.25. The van der Waals surface area contributed by atoms with Crippen LogP contribution in [0.15, 0.2) is 48.5 Å². The molecule has 29 heavy (non-hydrogen) atoms. The van der Waals surface area contributed by atoms with E-state index in [1.165, 1.54) is 0 Å². The van der Waals surface area contributed by atoms with Crippen LogP contribution < -0.4 is 10.1 Å². The van der Waals surface area contributed by atoms with Gasteiger partial charge in [0.05, 0.1) is 18.6 Å². The predicted molar refractivity (Wildman–Crippen MR) is 114 cm³/mol. The molecule has 0 spiro atoms. The summed E-state index contributed by atoms with van der Waals surface area (Å²) in [6.07, 6.45) is 0.239. The summed E-state index contributed by atoms with van der Waals surface area (Å²) < 4.78 is 10.9. The molecule has 6 heteroatoms. The smallest absolute Gasteiger partial charge is 0.338 e. The number of hydrogen-bond donors (Lipinski definition) is 1. The van der Waals surface area contributed by atoms with Crippen LogP contribution in [0.1, 0.15) is 36.2 Å². The Bertz CT molecular complexity index is 768. The Morgan fingerprint density at radius 2 is 1.59 bits per heavy atom. The van der Waals surface area contributed by atoms with E-state index in [-0.39, 0.29) is 18.3 Å². The van der Waals surface area contributed by atoms with Crippen LogP contribution in [0.25, 0.3) is 0 Å². The standard InChI is InChI=1S/C23H30N2O4/c1-4-25(5-2)15-17-29-23(27)19-8-10-20(11-9-19)24-22(26)14-16-28-21-12-6-18(3)7-13-21/h6-13H,4-5,14-17H2,1-3H3,(H,24,26). The van der Waals surface area contributed by atoms with Gasteiger partial charge in [-0.05, 0) is 56.4 Å². The van der Waals surface area contributed by atoms with Gasteiger partial charge in [0, 0.05) is 12.2 Å². The number of amides is 1. The van der Waals surface area contributed by atoms with E-state index in [1.807, 2.05) is 31.2 Å². The van der Waals surface area contributed by atoms with Crippen molar-refractivity contribution < 1.29 is 19.1 Å². The summed E-state index contributed by atoms with van der Waals surface area (Å²) in [4.78, 5) is 26.3. The number of ether oxygens (including phenoxy) is 2. The maximum atomic E-state index is 12.1. The number of likely N-dealkylation sites (N-methyl/N-ethyl adjacent to an activating group) is 1. The Morgan fingerprint density at radius 1 is 0.931 bits per heavy atom. The molecule has 156 valence electrons. The summed E-state index contributed by atoms with van der Waals surface area (Å²) in [6.45, 7) is 9.40. The summed E-state index contributed by atoms with van der Waals surface area (Å²) in [6, 6.07) is 14.4. The van der Waals surface area contributed by atoms with E-state index >= 15 is 0 Å². The molecule has 0 fully saturated rings. The lowest BCUT2D eigenvalue weighted by Gasteiger charge is -2.17. The van der Waals surface area contributed by atoms with E-state index in [4.69, 9.17) is 9.47 Å². The van der Waals surface area contributed by atoms with E-state index in [1.54, 1.807) is 24.3 Å². The molecule has 6 nitrogen and oxygen atoms in total. The normalized spacial score (nSPS) is 10.6. The molecule has 0 aliphatic heterocycles.